The number of halogens is 2. The second-order valence-corrected chi connectivity index (χ2v) is 5.89. The van der Waals surface area contributed by atoms with E-state index in [4.69, 9.17) is 23.2 Å². The van der Waals surface area contributed by atoms with Gasteiger partial charge in [0, 0.05) is 16.2 Å². The molecule has 110 valence electrons. The lowest BCUT2D eigenvalue weighted by Gasteiger charge is -2.28. The summed E-state index contributed by atoms with van der Waals surface area (Å²) in [5.74, 6) is 0.480. The van der Waals surface area contributed by atoms with E-state index in [1.165, 1.54) is 0 Å². The Morgan fingerprint density at radius 2 is 1.95 bits per heavy atom. The zero-order valence-corrected chi connectivity index (χ0v) is 13.2. The summed E-state index contributed by atoms with van der Waals surface area (Å²) in [5.41, 5.74) is 0.130. The summed E-state index contributed by atoms with van der Waals surface area (Å²) in [5, 5.41) is 6.59. The van der Waals surface area contributed by atoms with E-state index in [1.54, 1.807) is 42.6 Å². The third-order valence-electron chi connectivity index (χ3n) is 2.94. The third kappa shape index (κ3) is 4.09. The van der Waals surface area contributed by atoms with E-state index in [2.05, 4.69) is 15.6 Å². The zero-order chi connectivity index (χ0) is 15.5. The summed E-state index contributed by atoms with van der Waals surface area (Å²) >= 11 is 12.1. The van der Waals surface area contributed by atoms with Crippen LogP contribution in [-0.4, -0.2) is 11.0 Å². The molecule has 21 heavy (non-hydrogen) atoms. The van der Waals surface area contributed by atoms with Crippen LogP contribution < -0.4 is 10.6 Å². The number of carbonyl (C=O) groups is 1. The molecule has 6 heteroatoms. The average Bonchev–Trinajstić information content (AvgIpc) is 2.38. The van der Waals surface area contributed by atoms with Gasteiger partial charge in [0.05, 0.1) is 5.54 Å². The second-order valence-electron chi connectivity index (χ2n) is 5.04. The standard InChI is InChI=1S/C15H15Cl2N3O/c1-15(2,11-7-6-10(16)9-12(11)17)20-14(21)19-13-5-3-4-8-18-13/h3-9H,1-2H3,(H2,18,19,20,21). The highest BCUT2D eigenvalue weighted by atomic mass is 35.5. The molecule has 2 N–H and O–H groups in total. The molecular weight excluding hydrogens is 309 g/mol. The fraction of sp³-hybridized carbons (Fsp3) is 0.200. The van der Waals surface area contributed by atoms with Crippen LogP contribution in [0.1, 0.15) is 19.4 Å². The molecule has 0 aliphatic rings. The van der Waals surface area contributed by atoms with Gasteiger partial charge in [-0.1, -0.05) is 35.3 Å². The van der Waals surface area contributed by atoms with Crippen molar-refractivity contribution in [2.75, 3.05) is 5.32 Å². The maximum Gasteiger partial charge on any atom is 0.321 e. The predicted octanol–water partition coefficient (Wildman–Crippen LogP) is 4.45. The first-order chi connectivity index (χ1) is 9.88. The molecule has 0 radical (unpaired) electrons. The molecule has 0 saturated heterocycles. The lowest BCUT2D eigenvalue weighted by atomic mass is 9.94. The Balaban J connectivity index is 2.11. The number of anilines is 1. The molecule has 0 unspecified atom stereocenters. The highest BCUT2D eigenvalue weighted by Crippen LogP contribution is 2.30. The van der Waals surface area contributed by atoms with Crippen molar-refractivity contribution in [2.45, 2.75) is 19.4 Å². The highest BCUT2D eigenvalue weighted by Gasteiger charge is 2.25. The Labute approximate surface area is 133 Å². The van der Waals surface area contributed by atoms with Gasteiger partial charge in [0.15, 0.2) is 0 Å². The van der Waals surface area contributed by atoms with Crippen molar-refractivity contribution < 1.29 is 4.79 Å². The van der Waals surface area contributed by atoms with Crippen molar-refractivity contribution in [1.29, 1.82) is 0 Å². The summed E-state index contributed by atoms with van der Waals surface area (Å²) in [6.07, 6.45) is 1.61. The smallest absolute Gasteiger partial charge is 0.321 e. The van der Waals surface area contributed by atoms with Crippen LogP contribution in [0.2, 0.25) is 10.0 Å². The molecule has 0 saturated carbocycles. The van der Waals surface area contributed by atoms with Crippen molar-refractivity contribution in [3.05, 3.63) is 58.2 Å². The second kappa shape index (κ2) is 6.33. The number of urea groups is 1. The van der Waals surface area contributed by atoms with Crippen molar-refractivity contribution in [3.63, 3.8) is 0 Å². The van der Waals surface area contributed by atoms with E-state index in [1.807, 2.05) is 13.8 Å². The van der Waals surface area contributed by atoms with E-state index < -0.39 is 5.54 Å². The van der Waals surface area contributed by atoms with Crippen molar-refractivity contribution >= 4 is 35.1 Å². The van der Waals surface area contributed by atoms with Gasteiger partial charge in [0.2, 0.25) is 0 Å². The van der Waals surface area contributed by atoms with Crippen LogP contribution in [0.4, 0.5) is 10.6 Å². The van der Waals surface area contributed by atoms with E-state index in [-0.39, 0.29) is 6.03 Å². The topological polar surface area (TPSA) is 54.0 Å². The first-order valence-corrected chi connectivity index (χ1v) is 7.10. The first kappa shape index (κ1) is 15.6. The Morgan fingerprint density at radius 3 is 2.57 bits per heavy atom. The van der Waals surface area contributed by atoms with Crippen LogP contribution in [0.25, 0.3) is 0 Å². The Hall–Kier alpha value is -1.78. The number of nitrogens with zero attached hydrogens (tertiary/aromatic N) is 1. The van der Waals surface area contributed by atoms with Crippen molar-refractivity contribution in [1.82, 2.24) is 10.3 Å². The fourth-order valence-electron chi connectivity index (χ4n) is 1.93. The number of benzene rings is 1. The summed E-state index contributed by atoms with van der Waals surface area (Å²) in [4.78, 5) is 16.1. The van der Waals surface area contributed by atoms with Crippen molar-refractivity contribution in [2.24, 2.45) is 0 Å². The monoisotopic (exact) mass is 323 g/mol. The van der Waals surface area contributed by atoms with Crippen LogP contribution in [0.3, 0.4) is 0 Å². The quantitative estimate of drug-likeness (QED) is 0.877. The molecule has 0 spiro atoms. The molecule has 1 heterocycles. The van der Waals surface area contributed by atoms with Crippen molar-refractivity contribution in [3.8, 4) is 0 Å². The molecule has 2 rings (SSSR count). The Bertz CT molecular complexity index is 645. The van der Waals surface area contributed by atoms with Crippen LogP contribution >= 0.6 is 23.2 Å². The molecule has 0 aliphatic heterocycles. The maximum atomic E-state index is 12.0. The SMILES string of the molecule is CC(C)(NC(=O)Nc1ccccn1)c1ccc(Cl)cc1Cl. The van der Waals surface area contributed by atoms with Gasteiger partial charge in [-0.25, -0.2) is 9.78 Å². The predicted molar refractivity (Wildman–Crippen MR) is 85.9 cm³/mol. The van der Waals surface area contributed by atoms with Gasteiger partial charge in [-0.3, -0.25) is 5.32 Å². The van der Waals surface area contributed by atoms with Gasteiger partial charge < -0.3 is 5.32 Å². The largest absolute Gasteiger partial charge is 0.329 e. The number of hydrogen-bond donors (Lipinski definition) is 2. The molecular formula is C15H15Cl2N3O. The van der Waals surface area contributed by atoms with Gasteiger partial charge >= 0.3 is 6.03 Å². The van der Waals surface area contributed by atoms with E-state index >= 15 is 0 Å². The Kier molecular flexibility index (Phi) is 4.70. The number of rotatable bonds is 3. The lowest BCUT2D eigenvalue weighted by molar-refractivity contribution is 0.242. The zero-order valence-electron chi connectivity index (χ0n) is 11.7. The molecule has 0 aliphatic carbocycles. The third-order valence-corrected chi connectivity index (χ3v) is 3.48. The highest BCUT2D eigenvalue weighted by molar-refractivity contribution is 6.35. The lowest BCUT2D eigenvalue weighted by Crippen LogP contribution is -2.43. The Morgan fingerprint density at radius 1 is 1.19 bits per heavy atom. The first-order valence-electron chi connectivity index (χ1n) is 6.34. The molecule has 4 nitrogen and oxygen atoms in total. The minimum atomic E-state index is -0.652. The van der Waals surface area contributed by atoms with Crippen LogP contribution in [0.5, 0.6) is 0 Å². The summed E-state index contributed by atoms with van der Waals surface area (Å²) in [6, 6.07) is 10.1. The number of amides is 2. The van der Waals surface area contributed by atoms with E-state index in [9.17, 15) is 4.79 Å². The van der Waals surface area contributed by atoms with Gasteiger partial charge in [0.25, 0.3) is 0 Å². The average molecular weight is 324 g/mol. The molecule has 2 amide bonds. The van der Waals surface area contributed by atoms with Gasteiger partial charge in [-0.2, -0.15) is 0 Å². The molecule has 1 aromatic heterocycles. The number of hydrogen-bond acceptors (Lipinski definition) is 2. The number of pyridine rings is 1. The number of nitrogens with one attached hydrogen (secondary N) is 2. The number of carbonyl (C=O) groups excluding carboxylic acids is 1. The minimum absolute atomic E-state index is 0.357. The van der Waals surface area contributed by atoms with Gasteiger partial charge in [-0.15, -0.1) is 0 Å². The van der Waals surface area contributed by atoms with Crippen LogP contribution in [-0.2, 0) is 5.54 Å². The maximum absolute atomic E-state index is 12.0. The summed E-state index contributed by atoms with van der Waals surface area (Å²) in [7, 11) is 0. The minimum Gasteiger partial charge on any atom is -0.329 e. The molecule has 2 aromatic rings. The summed E-state index contributed by atoms with van der Waals surface area (Å²) in [6.45, 7) is 3.72. The molecule has 0 atom stereocenters. The molecule has 0 bridgehead atoms. The molecule has 1 aromatic carbocycles. The van der Waals surface area contributed by atoms with Crippen LogP contribution in [0.15, 0.2) is 42.6 Å². The van der Waals surface area contributed by atoms with E-state index in [0.29, 0.717) is 15.9 Å². The van der Waals surface area contributed by atoms with Gasteiger partial charge in [0.1, 0.15) is 5.82 Å². The molecule has 0 fully saturated rings. The number of aromatic nitrogens is 1. The normalized spacial score (nSPS) is 11.0. The summed E-state index contributed by atoms with van der Waals surface area (Å²) < 4.78 is 0. The van der Waals surface area contributed by atoms with E-state index in [0.717, 1.165) is 5.56 Å². The fourth-order valence-corrected chi connectivity index (χ4v) is 2.58. The van der Waals surface area contributed by atoms with Crippen LogP contribution in [0, 0.1) is 0 Å². The van der Waals surface area contributed by atoms with Gasteiger partial charge in [-0.05, 0) is 43.7 Å².